The predicted molar refractivity (Wildman–Crippen MR) is 153 cm³/mol. The summed E-state index contributed by atoms with van der Waals surface area (Å²) in [5.41, 5.74) is 8.44. The molecule has 4 nitrogen and oxygen atoms in total. The van der Waals surface area contributed by atoms with Crippen LogP contribution in [-0.4, -0.2) is 25.2 Å². The summed E-state index contributed by atoms with van der Waals surface area (Å²) < 4.78 is 10.3. The summed E-state index contributed by atoms with van der Waals surface area (Å²) in [6.07, 6.45) is 5.39. The molecule has 0 radical (unpaired) electrons. The molecule has 0 saturated carbocycles. The Hall–Kier alpha value is -3.92. The zero-order valence-electron chi connectivity index (χ0n) is 22.6. The van der Waals surface area contributed by atoms with Crippen molar-refractivity contribution in [1.82, 2.24) is 0 Å². The summed E-state index contributed by atoms with van der Waals surface area (Å²) in [6.45, 7) is 11.2. The fourth-order valence-corrected chi connectivity index (χ4v) is 3.96. The van der Waals surface area contributed by atoms with Gasteiger partial charge in [-0.05, 0) is 72.9 Å². The van der Waals surface area contributed by atoms with Crippen LogP contribution in [0, 0.1) is 0 Å². The third kappa shape index (κ3) is 9.85. The van der Waals surface area contributed by atoms with Crippen molar-refractivity contribution in [2.45, 2.75) is 52.4 Å². The molecule has 0 atom stereocenters. The molecule has 0 saturated heterocycles. The fraction of sp³-hybridized carbons (Fsp3) is 0.294. The number of rotatable bonds is 14. The number of carbonyl (C=O) groups is 2. The first-order valence-electron chi connectivity index (χ1n) is 13.2. The molecule has 0 aromatic heterocycles. The maximum Gasteiger partial charge on any atom is 0.333 e. The van der Waals surface area contributed by atoms with Crippen LogP contribution in [0.2, 0.25) is 0 Å². The van der Waals surface area contributed by atoms with Crippen LogP contribution in [0.15, 0.2) is 97.1 Å². The molecule has 4 heteroatoms. The minimum atomic E-state index is -0.334. The summed E-state index contributed by atoms with van der Waals surface area (Å²) in [6, 6.07) is 26.0. The Morgan fingerprint density at radius 3 is 0.895 bits per heavy atom. The van der Waals surface area contributed by atoms with E-state index < -0.39 is 0 Å². The molecular weight excluding hydrogens is 472 g/mol. The molecule has 0 heterocycles. The van der Waals surface area contributed by atoms with Gasteiger partial charge in [-0.2, -0.15) is 0 Å². The van der Waals surface area contributed by atoms with Crippen molar-refractivity contribution >= 4 is 11.9 Å². The van der Waals surface area contributed by atoms with Crippen molar-refractivity contribution in [3.63, 3.8) is 0 Å². The minimum absolute atomic E-state index is 0.334. The normalized spacial score (nSPS) is 10.6. The Balaban J connectivity index is 1.37. The molecule has 38 heavy (non-hydrogen) atoms. The molecule has 0 aliphatic carbocycles. The molecule has 0 aliphatic rings. The lowest BCUT2D eigenvalue weighted by molar-refractivity contribution is -0.139. The second-order valence-electron chi connectivity index (χ2n) is 9.78. The highest BCUT2D eigenvalue weighted by molar-refractivity contribution is 5.87. The monoisotopic (exact) mass is 510 g/mol. The lowest BCUT2D eigenvalue weighted by Crippen LogP contribution is -2.08. The average Bonchev–Trinajstić information content (AvgIpc) is 2.92. The highest BCUT2D eigenvalue weighted by Gasteiger charge is 2.05. The first-order chi connectivity index (χ1) is 18.3. The van der Waals surface area contributed by atoms with E-state index >= 15 is 0 Å². The van der Waals surface area contributed by atoms with Crippen molar-refractivity contribution in [2.75, 3.05) is 13.2 Å². The molecule has 0 amide bonds. The Morgan fingerprint density at radius 1 is 0.474 bits per heavy atom. The molecule has 3 aromatic rings. The number of esters is 2. The van der Waals surface area contributed by atoms with E-state index in [-0.39, 0.29) is 11.9 Å². The zero-order chi connectivity index (χ0) is 27.3. The van der Waals surface area contributed by atoms with Gasteiger partial charge in [-0.1, -0.05) is 86.0 Å². The molecule has 0 fully saturated rings. The van der Waals surface area contributed by atoms with Gasteiger partial charge in [0.15, 0.2) is 0 Å². The van der Waals surface area contributed by atoms with Crippen LogP contribution in [0.1, 0.15) is 47.2 Å². The van der Waals surface area contributed by atoms with Crippen molar-refractivity contribution < 1.29 is 19.1 Å². The highest BCUT2D eigenvalue weighted by atomic mass is 16.5. The van der Waals surface area contributed by atoms with Crippen LogP contribution in [0.3, 0.4) is 0 Å². The summed E-state index contributed by atoms with van der Waals surface area (Å²) in [4.78, 5) is 22.9. The molecule has 3 rings (SSSR count). The SMILES string of the molecule is C=C(C)C(=O)OCCc1ccc(CCc2ccc(CCc3ccc(CCOC(=O)C(=C)C)cc3)cc2)cc1. The molecule has 0 N–H and O–H groups in total. The van der Waals surface area contributed by atoms with E-state index in [2.05, 4.69) is 86.0 Å². The summed E-state index contributed by atoms with van der Waals surface area (Å²) >= 11 is 0. The Bertz CT molecular complexity index is 1120. The number of hydrogen-bond donors (Lipinski definition) is 0. The lowest BCUT2D eigenvalue weighted by atomic mass is 9.99. The van der Waals surface area contributed by atoms with E-state index in [0.717, 1.165) is 36.8 Å². The van der Waals surface area contributed by atoms with Gasteiger partial charge in [0.1, 0.15) is 0 Å². The smallest absolute Gasteiger partial charge is 0.333 e. The number of aryl methyl sites for hydroxylation is 4. The van der Waals surface area contributed by atoms with Crippen molar-refractivity contribution in [3.8, 4) is 0 Å². The van der Waals surface area contributed by atoms with Gasteiger partial charge in [0.05, 0.1) is 13.2 Å². The third-order valence-electron chi connectivity index (χ3n) is 6.42. The van der Waals surface area contributed by atoms with Crippen molar-refractivity contribution in [3.05, 3.63) is 130 Å². The van der Waals surface area contributed by atoms with E-state index in [1.165, 1.54) is 22.3 Å². The van der Waals surface area contributed by atoms with Crippen LogP contribution in [0.4, 0.5) is 0 Å². The van der Waals surface area contributed by atoms with E-state index in [9.17, 15) is 9.59 Å². The van der Waals surface area contributed by atoms with Gasteiger partial charge in [-0.25, -0.2) is 9.59 Å². The Morgan fingerprint density at radius 2 is 0.684 bits per heavy atom. The van der Waals surface area contributed by atoms with Gasteiger partial charge >= 0.3 is 11.9 Å². The van der Waals surface area contributed by atoms with Crippen LogP contribution in [-0.2, 0) is 57.6 Å². The first-order valence-corrected chi connectivity index (χ1v) is 13.2. The molecule has 0 unspecified atom stereocenters. The topological polar surface area (TPSA) is 52.6 Å². The van der Waals surface area contributed by atoms with Gasteiger partial charge in [0, 0.05) is 24.0 Å². The highest BCUT2D eigenvalue weighted by Crippen LogP contribution is 2.14. The number of benzene rings is 3. The van der Waals surface area contributed by atoms with Gasteiger partial charge in [0.25, 0.3) is 0 Å². The van der Waals surface area contributed by atoms with Gasteiger partial charge in [-0.15, -0.1) is 0 Å². The third-order valence-corrected chi connectivity index (χ3v) is 6.42. The van der Waals surface area contributed by atoms with E-state index in [1.807, 2.05) is 0 Å². The molecule has 0 bridgehead atoms. The van der Waals surface area contributed by atoms with Crippen LogP contribution in [0.5, 0.6) is 0 Å². The van der Waals surface area contributed by atoms with E-state index in [0.29, 0.717) is 37.2 Å². The molecule has 198 valence electrons. The number of ether oxygens (including phenoxy) is 2. The van der Waals surface area contributed by atoms with Gasteiger partial charge < -0.3 is 9.47 Å². The maximum atomic E-state index is 11.5. The quantitative estimate of drug-likeness (QED) is 0.182. The standard InChI is InChI=1S/C34H38O4/c1-25(2)33(35)37-23-21-31-17-13-29(14-18-31)11-9-27-5-7-28(8-6-27)10-12-30-15-19-32(20-16-30)22-24-38-34(36)26(3)4/h5-8,13-20H,1,3,9-12,21-24H2,2,4H3. The summed E-state index contributed by atoms with van der Waals surface area (Å²) in [5.74, 6) is -0.669. The molecule has 0 spiro atoms. The average molecular weight is 511 g/mol. The second kappa shape index (κ2) is 14.7. The van der Waals surface area contributed by atoms with Crippen molar-refractivity contribution in [1.29, 1.82) is 0 Å². The van der Waals surface area contributed by atoms with Crippen molar-refractivity contribution in [2.24, 2.45) is 0 Å². The molecule has 3 aromatic carbocycles. The second-order valence-corrected chi connectivity index (χ2v) is 9.78. The van der Waals surface area contributed by atoms with Crippen LogP contribution < -0.4 is 0 Å². The molecular formula is C34H38O4. The number of hydrogen-bond acceptors (Lipinski definition) is 4. The fourth-order valence-electron chi connectivity index (χ4n) is 3.96. The van der Waals surface area contributed by atoms with Gasteiger partial charge in [0.2, 0.25) is 0 Å². The summed E-state index contributed by atoms with van der Waals surface area (Å²) in [5, 5.41) is 0. The summed E-state index contributed by atoms with van der Waals surface area (Å²) in [7, 11) is 0. The largest absolute Gasteiger partial charge is 0.462 e. The maximum absolute atomic E-state index is 11.5. The zero-order valence-corrected chi connectivity index (χ0v) is 22.6. The Kier molecular flexibility index (Phi) is 11.1. The van der Waals surface area contributed by atoms with Crippen LogP contribution in [0.25, 0.3) is 0 Å². The van der Waals surface area contributed by atoms with E-state index in [1.54, 1.807) is 13.8 Å². The minimum Gasteiger partial charge on any atom is -0.462 e. The number of carbonyl (C=O) groups excluding carboxylic acids is 2. The lowest BCUT2D eigenvalue weighted by Gasteiger charge is -2.08. The van der Waals surface area contributed by atoms with Gasteiger partial charge in [-0.3, -0.25) is 0 Å². The van der Waals surface area contributed by atoms with E-state index in [4.69, 9.17) is 9.47 Å². The Labute approximate surface area is 227 Å². The predicted octanol–water partition coefficient (Wildman–Crippen LogP) is 6.58. The molecule has 0 aliphatic heterocycles. The first kappa shape index (κ1) is 28.6. The van der Waals surface area contributed by atoms with Crippen LogP contribution >= 0.6 is 0 Å².